The molecule has 3 rings (SSSR count). The van der Waals surface area contributed by atoms with E-state index in [0.29, 0.717) is 6.54 Å². The number of primary sulfonamides is 1. The number of rotatable bonds is 5. The molecule has 0 unspecified atom stereocenters. The van der Waals surface area contributed by atoms with Crippen LogP contribution in [0.3, 0.4) is 0 Å². The highest BCUT2D eigenvalue weighted by atomic mass is 32.2. The SMILES string of the molecule is CN(Cc1ccc(N2CCCCC2)cc1)C(=O)c1sccc1S(N)(=O)=O. The number of carbonyl (C=O) groups excluding carboxylic acids is 1. The van der Waals surface area contributed by atoms with E-state index in [9.17, 15) is 13.2 Å². The van der Waals surface area contributed by atoms with Crippen LogP contribution in [0.25, 0.3) is 0 Å². The van der Waals surface area contributed by atoms with Crippen LogP contribution < -0.4 is 10.0 Å². The highest BCUT2D eigenvalue weighted by Crippen LogP contribution is 2.24. The van der Waals surface area contributed by atoms with Crippen molar-refractivity contribution in [1.82, 2.24) is 4.90 Å². The van der Waals surface area contributed by atoms with Crippen molar-refractivity contribution in [2.75, 3.05) is 25.0 Å². The first-order valence-corrected chi connectivity index (χ1v) is 11.0. The van der Waals surface area contributed by atoms with E-state index in [1.54, 1.807) is 12.4 Å². The van der Waals surface area contributed by atoms with Crippen molar-refractivity contribution < 1.29 is 13.2 Å². The molecular weight excluding hydrogens is 370 g/mol. The largest absolute Gasteiger partial charge is 0.372 e. The number of piperidine rings is 1. The molecule has 2 aromatic rings. The maximum absolute atomic E-state index is 12.6. The van der Waals surface area contributed by atoms with Gasteiger partial charge in [-0.15, -0.1) is 11.3 Å². The molecule has 0 spiro atoms. The van der Waals surface area contributed by atoms with Crippen molar-refractivity contribution in [3.8, 4) is 0 Å². The van der Waals surface area contributed by atoms with Crippen molar-refractivity contribution >= 4 is 33.0 Å². The quantitative estimate of drug-likeness (QED) is 0.846. The van der Waals surface area contributed by atoms with Crippen molar-refractivity contribution in [3.63, 3.8) is 0 Å². The Kier molecular flexibility index (Phi) is 5.64. The summed E-state index contributed by atoms with van der Waals surface area (Å²) in [6, 6.07) is 9.57. The number of carbonyl (C=O) groups is 1. The Hall–Kier alpha value is -1.90. The molecule has 0 bridgehead atoms. The summed E-state index contributed by atoms with van der Waals surface area (Å²) < 4.78 is 23.2. The van der Waals surface area contributed by atoms with Crippen LogP contribution in [-0.4, -0.2) is 39.4 Å². The lowest BCUT2D eigenvalue weighted by atomic mass is 10.1. The molecular formula is C18H23N3O3S2. The molecule has 140 valence electrons. The third-order valence-electron chi connectivity index (χ3n) is 4.55. The topological polar surface area (TPSA) is 83.7 Å². The lowest BCUT2D eigenvalue weighted by Gasteiger charge is -2.29. The zero-order valence-electron chi connectivity index (χ0n) is 14.7. The summed E-state index contributed by atoms with van der Waals surface area (Å²) in [5, 5.41) is 6.75. The standard InChI is InChI=1S/C18H23N3O3S2/c1-20(18(22)17-16(9-12-25-17)26(19,23)24)13-14-5-7-15(8-6-14)21-10-3-2-4-11-21/h5-9,12H,2-4,10-11,13H2,1H3,(H2,19,23,24). The van der Waals surface area contributed by atoms with E-state index in [2.05, 4.69) is 17.0 Å². The average Bonchev–Trinajstić information content (AvgIpc) is 3.12. The van der Waals surface area contributed by atoms with E-state index >= 15 is 0 Å². The van der Waals surface area contributed by atoms with Crippen LogP contribution in [0.2, 0.25) is 0 Å². The fraction of sp³-hybridized carbons (Fsp3) is 0.389. The van der Waals surface area contributed by atoms with Gasteiger partial charge in [-0.1, -0.05) is 12.1 Å². The molecule has 0 aliphatic carbocycles. The summed E-state index contributed by atoms with van der Waals surface area (Å²) in [5.74, 6) is -0.343. The van der Waals surface area contributed by atoms with Gasteiger partial charge in [-0.2, -0.15) is 0 Å². The minimum atomic E-state index is -3.90. The maximum Gasteiger partial charge on any atom is 0.265 e. The van der Waals surface area contributed by atoms with Gasteiger partial charge in [-0.25, -0.2) is 13.6 Å². The number of nitrogens with zero attached hydrogens (tertiary/aromatic N) is 2. The summed E-state index contributed by atoms with van der Waals surface area (Å²) in [4.78, 5) is 16.5. The Labute approximate surface area is 158 Å². The summed E-state index contributed by atoms with van der Waals surface area (Å²) >= 11 is 1.09. The third-order valence-corrected chi connectivity index (χ3v) is 6.54. The van der Waals surface area contributed by atoms with Crippen LogP contribution in [0.5, 0.6) is 0 Å². The number of sulfonamides is 1. The summed E-state index contributed by atoms with van der Waals surface area (Å²) in [6.07, 6.45) is 3.75. The van der Waals surface area contributed by atoms with Gasteiger partial charge in [0.15, 0.2) is 0 Å². The van der Waals surface area contributed by atoms with Crippen molar-refractivity contribution in [2.24, 2.45) is 5.14 Å². The fourth-order valence-corrected chi connectivity index (χ4v) is 5.12. The van der Waals surface area contributed by atoms with Crippen LogP contribution >= 0.6 is 11.3 Å². The van der Waals surface area contributed by atoms with Gasteiger partial charge < -0.3 is 9.80 Å². The van der Waals surface area contributed by atoms with Crippen LogP contribution in [0.4, 0.5) is 5.69 Å². The number of anilines is 1. The molecule has 1 fully saturated rings. The molecule has 1 aromatic heterocycles. The second-order valence-corrected chi connectivity index (χ2v) is 8.98. The predicted molar refractivity (Wildman–Crippen MR) is 104 cm³/mol. The van der Waals surface area contributed by atoms with Gasteiger partial charge >= 0.3 is 0 Å². The van der Waals surface area contributed by atoms with E-state index in [1.807, 2.05) is 12.1 Å². The van der Waals surface area contributed by atoms with E-state index in [1.165, 1.54) is 35.9 Å². The van der Waals surface area contributed by atoms with Crippen molar-refractivity contribution in [2.45, 2.75) is 30.7 Å². The number of nitrogens with two attached hydrogens (primary N) is 1. The Morgan fingerprint density at radius 1 is 1.15 bits per heavy atom. The van der Waals surface area contributed by atoms with E-state index < -0.39 is 10.0 Å². The van der Waals surface area contributed by atoms with Crippen LogP contribution in [0, 0.1) is 0 Å². The second-order valence-electron chi connectivity index (χ2n) is 6.53. The molecule has 8 heteroatoms. The predicted octanol–water partition coefficient (Wildman–Crippen LogP) is 2.66. The molecule has 2 heterocycles. The second kappa shape index (κ2) is 7.77. The van der Waals surface area contributed by atoms with Crippen LogP contribution in [-0.2, 0) is 16.6 Å². The van der Waals surface area contributed by atoms with E-state index in [4.69, 9.17) is 5.14 Å². The Bertz CT molecular complexity index is 869. The molecule has 0 atom stereocenters. The van der Waals surface area contributed by atoms with E-state index in [0.717, 1.165) is 30.0 Å². The van der Waals surface area contributed by atoms with Crippen LogP contribution in [0.15, 0.2) is 40.6 Å². The Morgan fingerprint density at radius 2 is 1.81 bits per heavy atom. The highest BCUT2D eigenvalue weighted by molar-refractivity contribution is 7.89. The molecule has 2 N–H and O–H groups in total. The average molecular weight is 394 g/mol. The van der Waals surface area contributed by atoms with Gasteiger partial charge in [0.25, 0.3) is 5.91 Å². The normalized spacial score (nSPS) is 15.1. The summed E-state index contributed by atoms with van der Waals surface area (Å²) in [7, 11) is -2.24. The summed E-state index contributed by atoms with van der Waals surface area (Å²) in [6.45, 7) is 2.58. The number of hydrogen-bond donors (Lipinski definition) is 1. The smallest absolute Gasteiger partial charge is 0.265 e. The van der Waals surface area contributed by atoms with Gasteiger partial charge in [0.05, 0.1) is 0 Å². The van der Waals surface area contributed by atoms with Gasteiger partial charge in [0, 0.05) is 32.4 Å². The zero-order valence-corrected chi connectivity index (χ0v) is 16.4. The molecule has 1 saturated heterocycles. The monoisotopic (exact) mass is 393 g/mol. The first-order valence-electron chi connectivity index (χ1n) is 8.56. The molecule has 0 radical (unpaired) electrons. The fourth-order valence-electron chi connectivity index (χ4n) is 3.16. The first-order chi connectivity index (χ1) is 12.4. The molecule has 1 aromatic carbocycles. The minimum absolute atomic E-state index is 0.111. The zero-order chi connectivity index (χ0) is 18.7. The molecule has 0 saturated carbocycles. The lowest BCUT2D eigenvalue weighted by Crippen LogP contribution is -2.29. The van der Waals surface area contributed by atoms with Gasteiger partial charge in [-0.3, -0.25) is 4.79 Å². The molecule has 1 aliphatic rings. The summed E-state index contributed by atoms with van der Waals surface area (Å²) in [5.41, 5.74) is 2.20. The van der Waals surface area contributed by atoms with Crippen LogP contribution in [0.1, 0.15) is 34.5 Å². The Morgan fingerprint density at radius 3 is 2.42 bits per heavy atom. The highest BCUT2D eigenvalue weighted by Gasteiger charge is 2.23. The maximum atomic E-state index is 12.6. The third kappa shape index (κ3) is 4.25. The van der Waals surface area contributed by atoms with Crippen molar-refractivity contribution in [1.29, 1.82) is 0 Å². The van der Waals surface area contributed by atoms with Gasteiger partial charge in [0.2, 0.25) is 10.0 Å². The van der Waals surface area contributed by atoms with Gasteiger partial charge in [0.1, 0.15) is 9.77 Å². The van der Waals surface area contributed by atoms with Gasteiger partial charge in [-0.05, 0) is 48.4 Å². The number of hydrogen-bond acceptors (Lipinski definition) is 5. The molecule has 1 amide bonds. The number of thiophene rings is 1. The minimum Gasteiger partial charge on any atom is -0.372 e. The first kappa shape index (κ1) is 18.9. The number of amides is 1. The number of benzene rings is 1. The van der Waals surface area contributed by atoms with Crippen molar-refractivity contribution in [3.05, 3.63) is 46.2 Å². The molecule has 1 aliphatic heterocycles. The molecule has 6 nitrogen and oxygen atoms in total. The Balaban J connectivity index is 1.69. The molecule has 26 heavy (non-hydrogen) atoms. The lowest BCUT2D eigenvalue weighted by molar-refractivity contribution is 0.0786. The van der Waals surface area contributed by atoms with E-state index in [-0.39, 0.29) is 15.7 Å².